The molecule has 1 aliphatic rings. The number of ether oxygens (including phenoxy) is 2. The van der Waals surface area contributed by atoms with E-state index in [1.807, 2.05) is 0 Å². The number of methoxy groups -OCH3 is 1. The van der Waals surface area contributed by atoms with E-state index in [2.05, 4.69) is 10.6 Å². The molecule has 1 unspecified atom stereocenters. The number of rotatable bonds is 8. The van der Waals surface area contributed by atoms with Crippen molar-refractivity contribution in [3.63, 3.8) is 0 Å². The first-order valence-corrected chi connectivity index (χ1v) is 7.98. The molecule has 2 N–H and O–H groups in total. The van der Waals surface area contributed by atoms with Gasteiger partial charge in [-0.15, -0.1) is 12.4 Å². The van der Waals surface area contributed by atoms with Gasteiger partial charge >= 0.3 is 0 Å². The molecule has 1 amide bonds. The van der Waals surface area contributed by atoms with E-state index in [9.17, 15) is 4.79 Å². The van der Waals surface area contributed by atoms with Crippen molar-refractivity contribution in [3.8, 4) is 5.75 Å². The molecule has 1 heterocycles. The molecule has 2 rings (SSSR count). The molecule has 0 saturated carbocycles. The summed E-state index contributed by atoms with van der Waals surface area (Å²) in [5.74, 6) is 1.23. The van der Waals surface area contributed by atoms with E-state index >= 15 is 0 Å². The van der Waals surface area contributed by atoms with Crippen LogP contribution in [0.3, 0.4) is 0 Å². The van der Waals surface area contributed by atoms with E-state index in [0.717, 1.165) is 25.9 Å². The quantitative estimate of drug-likeness (QED) is 0.697. The molecule has 5 nitrogen and oxygen atoms in total. The van der Waals surface area contributed by atoms with Gasteiger partial charge in [0.15, 0.2) is 0 Å². The molecule has 1 atom stereocenters. The Hall–Kier alpha value is -1.01. The molecule has 1 aromatic carbocycles. The van der Waals surface area contributed by atoms with Crippen LogP contribution in [0.15, 0.2) is 18.2 Å². The van der Waals surface area contributed by atoms with Crippen LogP contribution in [0.5, 0.6) is 5.75 Å². The van der Waals surface area contributed by atoms with Crippen molar-refractivity contribution in [2.24, 2.45) is 5.92 Å². The molecule has 1 fully saturated rings. The minimum absolute atomic E-state index is 0. The molecule has 0 aromatic heterocycles. The Morgan fingerprint density at radius 3 is 2.91 bits per heavy atom. The van der Waals surface area contributed by atoms with Crippen molar-refractivity contribution >= 4 is 35.6 Å². The zero-order valence-electron chi connectivity index (χ0n) is 13.3. The van der Waals surface area contributed by atoms with Crippen molar-refractivity contribution in [1.29, 1.82) is 0 Å². The molecule has 0 radical (unpaired) electrons. The van der Waals surface area contributed by atoms with Crippen LogP contribution in [0, 0.1) is 5.92 Å². The number of hydrogen-bond acceptors (Lipinski definition) is 4. The highest BCUT2D eigenvalue weighted by atomic mass is 35.5. The number of hydrogen-bond donors (Lipinski definition) is 2. The van der Waals surface area contributed by atoms with E-state index in [-0.39, 0.29) is 18.3 Å². The number of carbonyl (C=O) groups excluding carboxylic acids is 1. The summed E-state index contributed by atoms with van der Waals surface area (Å²) in [4.78, 5) is 12.0. The van der Waals surface area contributed by atoms with Crippen molar-refractivity contribution < 1.29 is 14.3 Å². The molecule has 1 aliphatic heterocycles. The van der Waals surface area contributed by atoms with E-state index in [1.165, 1.54) is 0 Å². The standard InChI is InChI=1S/C16H23ClN2O3.ClH/c1-21-8-9-22-15-4-3-13(10-14(15)17)19-16(20)5-2-12-6-7-18-11-12;/h3-4,10,12,18H,2,5-9,11H2,1H3,(H,19,20);1H. The third-order valence-electron chi connectivity index (χ3n) is 3.70. The van der Waals surface area contributed by atoms with Crippen LogP contribution in [0.4, 0.5) is 5.69 Å². The SMILES string of the molecule is COCCOc1ccc(NC(=O)CCC2CCNC2)cc1Cl.Cl. The first-order valence-electron chi connectivity index (χ1n) is 7.61. The number of nitrogens with one attached hydrogen (secondary N) is 2. The third-order valence-corrected chi connectivity index (χ3v) is 4.00. The number of anilines is 1. The van der Waals surface area contributed by atoms with Gasteiger partial charge < -0.3 is 20.1 Å². The zero-order valence-corrected chi connectivity index (χ0v) is 14.8. The molecule has 130 valence electrons. The first kappa shape index (κ1) is 20.0. The monoisotopic (exact) mass is 362 g/mol. The van der Waals surface area contributed by atoms with E-state index in [1.54, 1.807) is 25.3 Å². The third kappa shape index (κ3) is 6.96. The second-order valence-electron chi connectivity index (χ2n) is 5.43. The smallest absolute Gasteiger partial charge is 0.224 e. The summed E-state index contributed by atoms with van der Waals surface area (Å²) in [7, 11) is 1.62. The Labute approximate surface area is 148 Å². The Bertz CT molecular complexity index is 494. The van der Waals surface area contributed by atoms with Crippen LogP contribution in [-0.4, -0.2) is 39.3 Å². The molecule has 23 heavy (non-hydrogen) atoms. The second kappa shape index (κ2) is 10.7. The Morgan fingerprint density at radius 1 is 1.43 bits per heavy atom. The van der Waals surface area contributed by atoms with Crippen LogP contribution in [-0.2, 0) is 9.53 Å². The molecule has 0 bridgehead atoms. The molecular weight excluding hydrogens is 339 g/mol. The zero-order chi connectivity index (χ0) is 15.8. The van der Waals surface area contributed by atoms with Crippen LogP contribution in [0.25, 0.3) is 0 Å². The van der Waals surface area contributed by atoms with Gasteiger partial charge in [0.05, 0.1) is 11.6 Å². The summed E-state index contributed by atoms with van der Waals surface area (Å²) < 4.78 is 10.4. The lowest BCUT2D eigenvalue weighted by molar-refractivity contribution is -0.116. The fraction of sp³-hybridized carbons (Fsp3) is 0.562. The summed E-state index contributed by atoms with van der Waals surface area (Å²) in [6, 6.07) is 5.26. The summed E-state index contributed by atoms with van der Waals surface area (Å²) in [6.07, 6.45) is 2.62. The van der Waals surface area contributed by atoms with E-state index in [4.69, 9.17) is 21.1 Å². The highest BCUT2D eigenvalue weighted by Crippen LogP contribution is 2.28. The van der Waals surface area contributed by atoms with Crippen molar-refractivity contribution in [2.75, 3.05) is 38.7 Å². The Morgan fingerprint density at radius 2 is 2.26 bits per heavy atom. The summed E-state index contributed by atoms with van der Waals surface area (Å²) in [6.45, 7) is 3.03. The number of halogens is 2. The molecule has 0 spiro atoms. The van der Waals surface area contributed by atoms with E-state index < -0.39 is 0 Å². The minimum Gasteiger partial charge on any atom is -0.490 e. The molecule has 1 aromatic rings. The summed E-state index contributed by atoms with van der Waals surface area (Å²) in [5.41, 5.74) is 0.693. The fourth-order valence-corrected chi connectivity index (χ4v) is 2.69. The average Bonchev–Trinajstić information content (AvgIpc) is 3.01. The average molecular weight is 363 g/mol. The van der Waals surface area contributed by atoms with Gasteiger partial charge in [0, 0.05) is 19.2 Å². The predicted molar refractivity (Wildman–Crippen MR) is 94.9 cm³/mol. The van der Waals surface area contributed by atoms with Gasteiger partial charge in [0.25, 0.3) is 0 Å². The Kier molecular flexibility index (Phi) is 9.33. The lowest BCUT2D eigenvalue weighted by Crippen LogP contribution is -2.15. The lowest BCUT2D eigenvalue weighted by atomic mass is 10.0. The van der Waals surface area contributed by atoms with Crippen LogP contribution >= 0.6 is 24.0 Å². The van der Waals surface area contributed by atoms with Gasteiger partial charge in [-0.05, 0) is 50.0 Å². The molecule has 0 aliphatic carbocycles. The molecule has 1 saturated heterocycles. The van der Waals surface area contributed by atoms with Gasteiger partial charge in [-0.3, -0.25) is 4.79 Å². The summed E-state index contributed by atoms with van der Waals surface area (Å²) in [5, 5.41) is 6.67. The van der Waals surface area contributed by atoms with Crippen molar-refractivity contribution in [2.45, 2.75) is 19.3 Å². The highest BCUT2D eigenvalue weighted by molar-refractivity contribution is 6.32. The number of benzene rings is 1. The predicted octanol–water partition coefficient (Wildman–Crippen LogP) is 3.12. The summed E-state index contributed by atoms with van der Waals surface area (Å²) >= 11 is 6.15. The topological polar surface area (TPSA) is 59.6 Å². The van der Waals surface area contributed by atoms with Crippen LogP contribution in [0.1, 0.15) is 19.3 Å². The normalized spacial score (nSPS) is 16.7. The lowest BCUT2D eigenvalue weighted by Gasteiger charge is -2.11. The number of amides is 1. The first-order chi connectivity index (χ1) is 10.7. The maximum absolute atomic E-state index is 12.0. The van der Waals surface area contributed by atoms with Crippen LogP contribution in [0.2, 0.25) is 5.02 Å². The van der Waals surface area contributed by atoms with Gasteiger partial charge in [-0.2, -0.15) is 0 Å². The van der Waals surface area contributed by atoms with Gasteiger partial charge in [0.2, 0.25) is 5.91 Å². The second-order valence-corrected chi connectivity index (χ2v) is 5.84. The highest BCUT2D eigenvalue weighted by Gasteiger charge is 2.15. The van der Waals surface area contributed by atoms with Gasteiger partial charge in [-0.1, -0.05) is 11.6 Å². The maximum atomic E-state index is 12.0. The van der Waals surface area contributed by atoms with Crippen LogP contribution < -0.4 is 15.4 Å². The van der Waals surface area contributed by atoms with Crippen molar-refractivity contribution in [3.05, 3.63) is 23.2 Å². The number of carbonyl (C=O) groups is 1. The fourth-order valence-electron chi connectivity index (χ4n) is 2.45. The minimum atomic E-state index is 0. The molecule has 7 heteroatoms. The van der Waals surface area contributed by atoms with Gasteiger partial charge in [-0.25, -0.2) is 0 Å². The molecular formula is C16H24Cl2N2O3. The Balaban J connectivity index is 0.00000264. The largest absolute Gasteiger partial charge is 0.490 e. The van der Waals surface area contributed by atoms with Crippen molar-refractivity contribution in [1.82, 2.24) is 5.32 Å². The maximum Gasteiger partial charge on any atom is 0.224 e. The van der Waals surface area contributed by atoms with E-state index in [0.29, 0.717) is 42.0 Å². The van der Waals surface area contributed by atoms with Gasteiger partial charge in [0.1, 0.15) is 12.4 Å².